The molecule has 2 heteroatoms. The second-order valence-electron chi connectivity index (χ2n) is 4.34. The fourth-order valence-corrected chi connectivity index (χ4v) is 2.86. The largest absolute Gasteiger partial charge is 0.396 e. The lowest BCUT2D eigenvalue weighted by atomic mass is 9.71. The Bertz CT molecular complexity index is 212. The van der Waals surface area contributed by atoms with Gasteiger partial charge in [-0.2, -0.15) is 0 Å². The molecule has 2 bridgehead atoms. The molecule has 0 aromatic heterocycles. The maximum absolute atomic E-state index is 9.30. The molecule has 1 saturated carbocycles. The maximum atomic E-state index is 9.30. The maximum Gasteiger partial charge on any atom is 0.0494 e. The summed E-state index contributed by atoms with van der Waals surface area (Å²) < 4.78 is 0. The summed E-state index contributed by atoms with van der Waals surface area (Å²) in [6.07, 6.45) is 5.53. The fraction of sp³-hybridized carbons (Fsp3) is 0.800. The van der Waals surface area contributed by atoms with E-state index in [4.69, 9.17) is 0 Å². The molecule has 0 aromatic carbocycles. The van der Waals surface area contributed by atoms with Crippen LogP contribution in [0.4, 0.5) is 0 Å². The zero-order valence-corrected chi connectivity index (χ0v) is 7.40. The second kappa shape index (κ2) is 2.57. The highest BCUT2D eigenvalue weighted by molar-refractivity contribution is 5.17. The van der Waals surface area contributed by atoms with Gasteiger partial charge in [0.05, 0.1) is 0 Å². The van der Waals surface area contributed by atoms with Gasteiger partial charge < -0.3 is 10.2 Å². The molecule has 2 aliphatic carbocycles. The highest BCUT2D eigenvalue weighted by atomic mass is 16.3. The summed E-state index contributed by atoms with van der Waals surface area (Å²) in [6.45, 7) is 2.49. The lowest BCUT2D eigenvalue weighted by Crippen LogP contribution is -2.37. The van der Waals surface area contributed by atoms with Crippen LogP contribution in [0.1, 0.15) is 13.3 Å². The molecular weight excluding hydrogens is 152 g/mol. The molecule has 2 aliphatic rings. The number of allylic oxidation sites excluding steroid dienone is 2. The van der Waals surface area contributed by atoms with Crippen LogP contribution in [0.2, 0.25) is 0 Å². The van der Waals surface area contributed by atoms with Crippen molar-refractivity contribution in [2.24, 2.45) is 23.2 Å². The van der Waals surface area contributed by atoms with E-state index < -0.39 is 0 Å². The molecule has 12 heavy (non-hydrogen) atoms. The first-order valence-corrected chi connectivity index (χ1v) is 4.62. The molecule has 0 radical (unpaired) electrons. The first-order valence-electron chi connectivity index (χ1n) is 4.62. The number of hydrogen-bond donors (Lipinski definition) is 2. The summed E-state index contributed by atoms with van der Waals surface area (Å²) in [4.78, 5) is 0. The quantitative estimate of drug-likeness (QED) is 0.599. The zero-order valence-electron chi connectivity index (χ0n) is 7.40. The first kappa shape index (κ1) is 8.27. The number of hydrogen-bond acceptors (Lipinski definition) is 2. The van der Waals surface area contributed by atoms with E-state index in [-0.39, 0.29) is 24.5 Å². The molecular formula is C10H16O2. The Morgan fingerprint density at radius 1 is 1.42 bits per heavy atom. The Morgan fingerprint density at radius 3 is 2.67 bits per heavy atom. The van der Waals surface area contributed by atoms with E-state index in [0.29, 0.717) is 11.8 Å². The standard InChI is InChI=1S/C10H16O2/c1-10(6-12)8-3-2-7(4-8)9(10)5-11/h2-3,7-9,11-12H,4-6H2,1H3. The summed E-state index contributed by atoms with van der Waals surface area (Å²) in [5.74, 6) is 1.28. The van der Waals surface area contributed by atoms with Gasteiger partial charge in [0.2, 0.25) is 0 Å². The third-order valence-corrected chi connectivity index (χ3v) is 3.87. The van der Waals surface area contributed by atoms with Gasteiger partial charge in [-0.05, 0) is 24.2 Å². The van der Waals surface area contributed by atoms with Crippen molar-refractivity contribution >= 4 is 0 Å². The molecule has 0 saturated heterocycles. The number of fused-ring (bicyclic) bond motifs is 2. The Kier molecular flexibility index (Phi) is 1.77. The van der Waals surface area contributed by atoms with Gasteiger partial charge in [0, 0.05) is 18.6 Å². The molecule has 2 nitrogen and oxygen atoms in total. The topological polar surface area (TPSA) is 40.5 Å². The monoisotopic (exact) mass is 168 g/mol. The van der Waals surface area contributed by atoms with Gasteiger partial charge in [-0.3, -0.25) is 0 Å². The third kappa shape index (κ3) is 0.824. The van der Waals surface area contributed by atoms with Crippen LogP contribution in [-0.4, -0.2) is 23.4 Å². The molecule has 0 aromatic rings. The second-order valence-corrected chi connectivity index (χ2v) is 4.34. The number of aliphatic hydroxyl groups excluding tert-OH is 2. The van der Waals surface area contributed by atoms with Gasteiger partial charge in [0.25, 0.3) is 0 Å². The smallest absolute Gasteiger partial charge is 0.0494 e. The molecule has 0 heterocycles. The van der Waals surface area contributed by atoms with Crippen molar-refractivity contribution in [2.45, 2.75) is 13.3 Å². The Hall–Kier alpha value is -0.340. The molecule has 4 atom stereocenters. The van der Waals surface area contributed by atoms with E-state index in [0.717, 1.165) is 6.42 Å². The molecule has 2 N–H and O–H groups in total. The Balaban J connectivity index is 2.28. The van der Waals surface area contributed by atoms with Crippen LogP contribution in [0.15, 0.2) is 12.2 Å². The Morgan fingerprint density at radius 2 is 2.17 bits per heavy atom. The molecule has 2 rings (SSSR count). The summed E-state index contributed by atoms with van der Waals surface area (Å²) in [5, 5.41) is 18.5. The van der Waals surface area contributed by atoms with E-state index in [2.05, 4.69) is 19.1 Å². The average molecular weight is 168 g/mol. The van der Waals surface area contributed by atoms with Crippen molar-refractivity contribution in [1.82, 2.24) is 0 Å². The van der Waals surface area contributed by atoms with Gasteiger partial charge in [0.1, 0.15) is 0 Å². The van der Waals surface area contributed by atoms with Crippen molar-refractivity contribution in [1.29, 1.82) is 0 Å². The van der Waals surface area contributed by atoms with E-state index >= 15 is 0 Å². The van der Waals surface area contributed by atoms with Gasteiger partial charge >= 0.3 is 0 Å². The molecule has 1 fully saturated rings. The minimum Gasteiger partial charge on any atom is -0.396 e. The van der Waals surface area contributed by atoms with Crippen LogP contribution >= 0.6 is 0 Å². The van der Waals surface area contributed by atoms with Crippen molar-refractivity contribution in [3.63, 3.8) is 0 Å². The van der Waals surface area contributed by atoms with Gasteiger partial charge in [-0.25, -0.2) is 0 Å². The van der Waals surface area contributed by atoms with Crippen molar-refractivity contribution < 1.29 is 10.2 Å². The number of rotatable bonds is 2. The minimum absolute atomic E-state index is 0.0613. The Labute approximate surface area is 72.9 Å². The number of aliphatic hydroxyl groups is 2. The normalized spacial score (nSPS) is 50.4. The molecule has 4 unspecified atom stereocenters. The first-order chi connectivity index (χ1) is 5.72. The van der Waals surface area contributed by atoms with E-state index in [1.165, 1.54) is 0 Å². The fourth-order valence-electron chi connectivity index (χ4n) is 2.86. The van der Waals surface area contributed by atoms with Gasteiger partial charge in [-0.1, -0.05) is 19.1 Å². The molecule has 0 amide bonds. The highest BCUT2D eigenvalue weighted by Gasteiger charge is 2.52. The van der Waals surface area contributed by atoms with Crippen LogP contribution in [0, 0.1) is 23.2 Å². The van der Waals surface area contributed by atoms with Crippen LogP contribution in [0.3, 0.4) is 0 Å². The van der Waals surface area contributed by atoms with Crippen molar-refractivity contribution in [3.05, 3.63) is 12.2 Å². The van der Waals surface area contributed by atoms with Gasteiger partial charge in [-0.15, -0.1) is 0 Å². The zero-order chi connectivity index (χ0) is 8.77. The van der Waals surface area contributed by atoms with Crippen LogP contribution < -0.4 is 0 Å². The summed E-state index contributed by atoms with van der Waals surface area (Å²) in [5.41, 5.74) is -0.0613. The third-order valence-electron chi connectivity index (χ3n) is 3.87. The summed E-state index contributed by atoms with van der Waals surface area (Å²) in [6, 6.07) is 0. The molecule has 0 spiro atoms. The summed E-state index contributed by atoms with van der Waals surface area (Å²) in [7, 11) is 0. The molecule has 0 aliphatic heterocycles. The van der Waals surface area contributed by atoms with E-state index in [9.17, 15) is 10.2 Å². The van der Waals surface area contributed by atoms with Crippen LogP contribution in [0.5, 0.6) is 0 Å². The van der Waals surface area contributed by atoms with Crippen molar-refractivity contribution in [3.8, 4) is 0 Å². The van der Waals surface area contributed by atoms with Crippen LogP contribution in [-0.2, 0) is 0 Å². The summed E-state index contributed by atoms with van der Waals surface area (Å²) >= 11 is 0. The SMILES string of the molecule is CC1(CO)C2C=CC(C2)C1CO. The lowest BCUT2D eigenvalue weighted by Gasteiger charge is -2.36. The van der Waals surface area contributed by atoms with Crippen LogP contribution in [0.25, 0.3) is 0 Å². The lowest BCUT2D eigenvalue weighted by molar-refractivity contribution is 0.0329. The van der Waals surface area contributed by atoms with E-state index in [1.807, 2.05) is 0 Å². The van der Waals surface area contributed by atoms with E-state index in [1.54, 1.807) is 0 Å². The minimum atomic E-state index is -0.0613. The predicted molar refractivity (Wildman–Crippen MR) is 46.5 cm³/mol. The van der Waals surface area contributed by atoms with Crippen molar-refractivity contribution in [2.75, 3.05) is 13.2 Å². The predicted octanol–water partition coefficient (Wildman–Crippen LogP) is 0.799. The van der Waals surface area contributed by atoms with Gasteiger partial charge in [0.15, 0.2) is 0 Å². The highest BCUT2D eigenvalue weighted by Crippen LogP contribution is 2.55. The average Bonchev–Trinajstić information content (AvgIpc) is 2.63. The molecule has 68 valence electrons.